The van der Waals surface area contributed by atoms with Crippen LogP contribution in [0.1, 0.15) is 53.2 Å². The Morgan fingerprint density at radius 2 is 1.79 bits per heavy atom. The second kappa shape index (κ2) is 4.79. The first-order valence-corrected chi connectivity index (χ1v) is 7.09. The highest BCUT2D eigenvalue weighted by Crippen LogP contribution is 2.37. The summed E-state index contributed by atoms with van der Waals surface area (Å²) in [4.78, 5) is 0. The quantitative estimate of drug-likeness (QED) is 0.800. The van der Waals surface area contributed by atoms with E-state index in [-0.39, 0.29) is 18.3 Å². The molecule has 2 rings (SSSR count). The van der Waals surface area contributed by atoms with Crippen molar-refractivity contribution in [3.63, 3.8) is 0 Å². The molecular weight excluding hydrogens is 266 g/mol. The van der Waals surface area contributed by atoms with Crippen molar-refractivity contribution in [3.05, 3.63) is 11.9 Å². The van der Waals surface area contributed by atoms with Gasteiger partial charge in [-0.15, -0.1) is 3.89 Å². The molecule has 7 heteroatoms. The Balaban J connectivity index is 2.37. The summed E-state index contributed by atoms with van der Waals surface area (Å²) in [6, 6.07) is 0. The molecule has 0 aromatic carbocycles. The lowest BCUT2D eigenvalue weighted by molar-refractivity contribution is 0.00578. The summed E-state index contributed by atoms with van der Waals surface area (Å²) in [6.45, 7) is 12.0. The first-order chi connectivity index (χ1) is 8.69. The lowest BCUT2D eigenvalue weighted by Crippen LogP contribution is -2.41. The second-order valence-corrected chi connectivity index (χ2v) is 6.65. The molecule has 1 aromatic heterocycles. The molecule has 1 saturated heterocycles. The Kier molecular flexibility index (Phi) is 3.75. The van der Waals surface area contributed by atoms with Crippen LogP contribution in [-0.4, -0.2) is 27.5 Å². The molecule has 1 fully saturated rings. The zero-order chi connectivity index (χ0) is 14.4. The smallest absolute Gasteiger partial charge is 0.399 e. The first-order valence-electron chi connectivity index (χ1n) is 6.42. The van der Waals surface area contributed by atoms with Gasteiger partial charge in [-0.05, 0) is 33.6 Å². The Hall–Kier alpha value is -0.525. The van der Waals surface area contributed by atoms with Crippen molar-refractivity contribution >= 4 is 24.9 Å². The van der Waals surface area contributed by atoms with E-state index in [1.807, 2.05) is 41.5 Å². The van der Waals surface area contributed by atoms with Gasteiger partial charge in [-0.2, -0.15) is 9.19 Å². The lowest BCUT2D eigenvalue weighted by atomic mass is 9.77. The van der Waals surface area contributed by atoms with Gasteiger partial charge in [0.15, 0.2) is 12.3 Å². The predicted molar refractivity (Wildman–Crippen MR) is 76.1 cm³/mol. The fourth-order valence-corrected chi connectivity index (χ4v) is 2.59. The topological polar surface area (TPSA) is 36.3 Å². The third-order valence-corrected chi connectivity index (χ3v) is 4.34. The van der Waals surface area contributed by atoms with Gasteiger partial charge in [0.05, 0.1) is 23.1 Å². The summed E-state index contributed by atoms with van der Waals surface area (Å²) >= 11 is 0.0976. The number of hydrogen-bond donors (Lipinski definition) is 0. The molecule has 1 aliphatic heterocycles. The van der Waals surface area contributed by atoms with E-state index in [4.69, 9.17) is 9.31 Å². The maximum Gasteiger partial charge on any atom is 0.498 e. The molecule has 1 aliphatic rings. The van der Waals surface area contributed by atoms with E-state index in [0.29, 0.717) is 0 Å². The molecule has 0 N–H and O–H groups in total. The van der Waals surface area contributed by atoms with Gasteiger partial charge in [0.25, 0.3) is 0 Å². The van der Waals surface area contributed by atoms with Gasteiger partial charge in [-0.25, -0.2) is 0 Å². The minimum atomic E-state index is -0.497. The van der Waals surface area contributed by atoms with E-state index < -0.39 is 18.3 Å². The fraction of sp³-hybridized carbons (Fsp3) is 0.750. The third kappa shape index (κ3) is 2.43. The fourth-order valence-electron chi connectivity index (χ4n) is 2.11. The van der Waals surface area contributed by atoms with Crippen LogP contribution < -0.4 is 5.46 Å². The molecular formula is C12H20BFN2O2S. The molecule has 2 heterocycles. The number of nitrogens with zero attached hydrogens (tertiary/aromatic N) is 2. The molecule has 0 aliphatic carbocycles. The molecule has 19 heavy (non-hydrogen) atoms. The molecule has 1 aromatic rings. The van der Waals surface area contributed by atoms with Gasteiger partial charge in [0, 0.05) is 5.46 Å². The molecule has 0 unspecified atom stereocenters. The summed E-state index contributed by atoms with van der Waals surface area (Å²) < 4.78 is 26.2. The largest absolute Gasteiger partial charge is 0.498 e. The normalized spacial score (nSPS) is 21.4. The van der Waals surface area contributed by atoms with Crippen molar-refractivity contribution in [1.82, 2.24) is 9.19 Å². The zero-order valence-corrected chi connectivity index (χ0v) is 13.0. The highest BCUT2D eigenvalue weighted by atomic mass is 32.2. The number of hydrogen-bond acceptors (Lipinski definition) is 4. The van der Waals surface area contributed by atoms with Gasteiger partial charge in [-0.1, -0.05) is 13.8 Å². The molecule has 0 amide bonds. The van der Waals surface area contributed by atoms with Crippen LogP contribution in [0.5, 0.6) is 0 Å². The van der Waals surface area contributed by atoms with Gasteiger partial charge in [-0.3, -0.25) is 0 Å². The van der Waals surface area contributed by atoms with Gasteiger partial charge < -0.3 is 9.31 Å². The predicted octanol–water partition coefficient (Wildman–Crippen LogP) is 2.69. The maximum absolute atomic E-state index is 12.9. The lowest BCUT2D eigenvalue weighted by Gasteiger charge is -2.32. The van der Waals surface area contributed by atoms with Crippen LogP contribution in [0.25, 0.3) is 0 Å². The van der Waals surface area contributed by atoms with Crippen LogP contribution in [0.2, 0.25) is 0 Å². The molecule has 0 spiro atoms. The highest BCUT2D eigenvalue weighted by molar-refractivity contribution is 7.92. The molecule has 0 bridgehead atoms. The van der Waals surface area contributed by atoms with Crippen molar-refractivity contribution in [2.75, 3.05) is 0 Å². The molecule has 0 radical (unpaired) electrons. The number of halogens is 1. The molecule has 4 nitrogen and oxygen atoms in total. The van der Waals surface area contributed by atoms with Gasteiger partial charge >= 0.3 is 7.12 Å². The van der Waals surface area contributed by atoms with Crippen LogP contribution in [0, 0.1) is 0 Å². The van der Waals surface area contributed by atoms with Crippen molar-refractivity contribution in [3.8, 4) is 0 Å². The summed E-state index contributed by atoms with van der Waals surface area (Å²) in [7, 11) is -0.497. The summed E-state index contributed by atoms with van der Waals surface area (Å²) in [5.41, 5.74) is 0.790. The second-order valence-electron chi connectivity index (χ2n) is 6.17. The number of aromatic nitrogens is 2. The zero-order valence-electron chi connectivity index (χ0n) is 12.2. The van der Waals surface area contributed by atoms with Gasteiger partial charge in [0.1, 0.15) is 0 Å². The summed E-state index contributed by atoms with van der Waals surface area (Å²) in [5.74, 6) is 0.139. The van der Waals surface area contributed by atoms with Crippen molar-refractivity contribution < 1.29 is 13.2 Å². The Morgan fingerprint density at radius 3 is 2.21 bits per heavy atom. The average Bonchev–Trinajstić information content (AvgIpc) is 2.78. The Morgan fingerprint density at radius 1 is 1.26 bits per heavy atom. The monoisotopic (exact) mass is 286 g/mol. The minimum Gasteiger partial charge on any atom is -0.399 e. The minimum absolute atomic E-state index is 0.0976. The Bertz CT molecular complexity index is 460. The van der Waals surface area contributed by atoms with Crippen LogP contribution in [0.4, 0.5) is 3.89 Å². The van der Waals surface area contributed by atoms with E-state index >= 15 is 0 Å². The van der Waals surface area contributed by atoms with E-state index in [0.717, 1.165) is 11.2 Å². The first kappa shape index (κ1) is 14.9. The van der Waals surface area contributed by atoms with Crippen LogP contribution in [0.15, 0.2) is 6.20 Å². The van der Waals surface area contributed by atoms with E-state index in [1.165, 1.54) is 4.09 Å². The molecule has 0 saturated carbocycles. The van der Waals surface area contributed by atoms with E-state index in [1.54, 1.807) is 6.20 Å². The highest BCUT2D eigenvalue weighted by Gasteiger charge is 2.53. The molecule has 106 valence electrons. The van der Waals surface area contributed by atoms with Crippen molar-refractivity contribution in [2.45, 2.75) is 58.7 Å². The van der Waals surface area contributed by atoms with Crippen molar-refractivity contribution in [2.24, 2.45) is 0 Å². The van der Waals surface area contributed by atoms with Crippen LogP contribution >= 0.6 is 12.3 Å². The van der Waals surface area contributed by atoms with Crippen LogP contribution in [-0.2, 0) is 9.31 Å². The number of rotatable bonds is 3. The average molecular weight is 286 g/mol. The van der Waals surface area contributed by atoms with Crippen molar-refractivity contribution in [1.29, 1.82) is 0 Å². The summed E-state index contributed by atoms with van der Waals surface area (Å²) in [6.07, 6.45) is 1.63. The Labute approximate surface area is 118 Å². The van der Waals surface area contributed by atoms with E-state index in [9.17, 15) is 3.89 Å². The van der Waals surface area contributed by atoms with E-state index in [2.05, 4.69) is 5.10 Å². The van der Waals surface area contributed by atoms with Gasteiger partial charge in [0.2, 0.25) is 0 Å². The SMILES string of the molecule is CC(C)c1c(B2OC(C)(C)C(C)(C)O2)cnn1SF. The summed E-state index contributed by atoms with van der Waals surface area (Å²) in [5, 5.41) is 4.04. The van der Waals surface area contributed by atoms with Crippen LogP contribution in [0.3, 0.4) is 0 Å². The maximum atomic E-state index is 12.9. The third-order valence-electron chi connectivity index (χ3n) is 3.92. The molecule has 0 atom stereocenters. The standard InChI is InChI=1S/C12H20BFN2O2S/c1-8(2)10-9(7-15-16(10)19-14)13-17-11(3,4)12(5,6)18-13/h7-8H,1-6H3.